The number of carbonyl (C=O) groups excluding carboxylic acids is 2. The normalized spacial score (nSPS) is 11.7. The maximum Gasteiger partial charge on any atom is 0.261 e. The Kier molecular flexibility index (Phi) is 8.53. The monoisotopic (exact) mass is 480 g/mol. The predicted molar refractivity (Wildman–Crippen MR) is 119 cm³/mol. The number of halogens is 2. The Morgan fingerprint density at radius 2 is 1.76 bits per heavy atom. The summed E-state index contributed by atoms with van der Waals surface area (Å²) in [7, 11) is 0. The van der Waals surface area contributed by atoms with Crippen LogP contribution >= 0.6 is 27.5 Å². The first-order valence-corrected chi connectivity index (χ1v) is 10.6. The molecule has 0 aromatic heterocycles. The Morgan fingerprint density at radius 1 is 1.17 bits per heavy atom. The molecule has 0 bridgehead atoms. The third-order valence-electron chi connectivity index (χ3n) is 4.56. The average molecular weight is 482 g/mol. The molecule has 0 aliphatic carbocycles. The summed E-state index contributed by atoms with van der Waals surface area (Å²) in [5.74, 6) is 0.111. The summed E-state index contributed by atoms with van der Waals surface area (Å²) in [6, 6.07) is 10.6. The molecule has 0 saturated heterocycles. The molecule has 1 N–H and O–H groups in total. The summed E-state index contributed by atoms with van der Waals surface area (Å²) in [5.41, 5.74) is 2.70. The van der Waals surface area contributed by atoms with Gasteiger partial charge in [0.15, 0.2) is 6.61 Å². The lowest BCUT2D eigenvalue weighted by Crippen LogP contribution is -2.49. The molecule has 2 aromatic rings. The highest BCUT2D eigenvalue weighted by atomic mass is 79.9. The molecule has 0 saturated carbocycles. The molecule has 7 heteroatoms. The van der Waals surface area contributed by atoms with E-state index in [0.717, 1.165) is 21.2 Å². The van der Waals surface area contributed by atoms with Gasteiger partial charge in [-0.2, -0.15) is 0 Å². The van der Waals surface area contributed by atoms with Gasteiger partial charge in [-0.25, -0.2) is 0 Å². The van der Waals surface area contributed by atoms with Crippen molar-refractivity contribution in [2.45, 2.75) is 40.3 Å². The van der Waals surface area contributed by atoms with Gasteiger partial charge in [0.25, 0.3) is 5.91 Å². The van der Waals surface area contributed by atoms with Crippen molar-refractivity contribution >= 4 is 39.3 Å². The van der Waals surface area contributed by atoms with Crippen LogP contribution in [0.4, 0.5) is 0 Å². The maximum absolute atomic E-state index is 13.0. The van der Waals surface area contributed by atoms with Crippen LogP contribution in [0, 0.1) is 13.8 Å². The Morgan fingerprint density at radius 3 is 2.31 bits per heavy atom. The largest absolute Gasteiger partial charge is 0.484 e. The van der Waals surface area contributed by atoms with E-state index >= 15 is 0 Å². The minimum atomic E-state index is -0.622. The lowest BCUT2D eigenvalue weighted by atomic mass is 10.1. The van der Waals surface area contributed by atoms with Gasteiger partial charge in [0, 0.05) is 22.6 Å². The number of likely N-dealkylation sites (N-methyl/N-ethyl adjacent to an activating group) is 1. The predicted octanol–water partition coefficient (Wildman–Crippen LogP) is 4.65. The van der Waals surface area contributed by atoms with Gasteiger partial charge in [0.05, 0.1) is 0 Å². The van der Waals surface area contributed by atoms with E-state index in [0.29, 0.717) is 23.9 Å². The van der Waals surface area contributed by atoms with Gasteiger partial charge in [-0.15, -0.1) is 0 Å². The second-order valence-electron chi connectivity index (χ2n) is 6.88. The first kappa shape index (κ1) is 23.2. The number of nitrogens with zero attached hydrogens (tertiary/aromatic N) is 1. The molecule has 0 aliphatic rings. The van der Waals surface area contributed by atoms with E-state index in [4.69, 9.17) is 16.3 Å². The molecule has 0 radical (unpaired) electrons. The molecule has 2 rings (SSSR count). The quantitative estimate of drug-likeness (QED) is 0.597. The van der Waals surface area contributed by atoms with Crippen LogP contribution in [0.15, 0.2) is 40.9 Å². The fourth-order valence-corrected chi connectivity index (χ4v) is 3.28. The summed E-state index contributed by atoms with van der Waals surface area (Å²) in [6.45, 7) is 8.00. The van der Waals surface area contributed by atoms with Gasteiger partial charge in [0.1, 0.15) is 11.8 Å². The molecule has 0 fully saturated rings. The first-order valence-electron chi connectivity index (χ1n) is 9.44. The van der Waals surface area contributed by atoms with Gasteiger partial charge in [-0.1, -0.05) is 39.7 Å². The van der Waals surface area contributed by atoms with Crippen molar-refractivity contribution in [2.24, 2.45) is 0 Å². The van der Waals surface area contributed by atoms with Crippen LogP contribution in [0.5, 0.6) is 5.75 Å². The third kappa shape index (κ3) is 6.47. The molecule has 1 unspecified atom stereocenters. The molecular formula is C22H26BrClN2O3. The second-order valence-corrected chi connectivity index (χ2v) is 8.17. The highest BCUT2D eigenvalue weighted by Gasteiger charge is 2.26. The molecule has 0 aliphatic heterocycles. The van der Waals surface area contributed by atoms with E-state index in [1.807, 2.05) is 45.0 Å². The molecular weight excluding hydrogens is 456 g/mol. The number of benzene rings is 2. The summed E-state index contributed by atoms with van der Waals surface area (Å²) in [5, 5.41) is 3.46. The van der Waals surface area contributed by atoms with Gasteiger partial charge < -0.3 is 15.0 Å². The van der Waals surface area contributed by atoms with Gasteiger partial charge in [-0.05, 0) is 68.7 Å². The second kappa shape index (κ2) is 10.6. The van der Waals surface area contributed by atoms with Crippen molar-refractivity contribution in [3.05, 3.63) is 62.6 Å². The van der Waals surface area contributed by atoms with Crippen LogP contribution in [0.2, 0.25) is 5.02 Å². The summed E-state index contributed by atoms with van der Waals surface area (Å²) < 4.78 is 6.67. The number of carbonyl (C=O) groups is 2. The highest BCUT2D eigenvalue weighted by Crippen LogP contribution is 2.26. The molecule has 2 amide bonds. The molecule has 0 heterocycles. The Labute approximate surface area is 185 Å². The van der Waals surface area contributed by atoms with Crippen LogP contribution in [-0.4, -0.2) is 35.9 Å². The summed E-state index contributed by atoms with van der Waals surface area (Å²) in [6.07, 6.45) is 0. The van der Waals surface area contributed by atoms with E-state index in [1.54, 1.807) is 19.1 Å². The van der Waals surface area contributed by atoms with Crippen LogP contribution in [0.3, 0.4) is 0 Å². The molecule has 29 heavy (non-hydrogen) atoms. The highest BCUT2D eigenvalue weighted by molar-refractivity contribution is 9.10. The smallest absolute Gasteiger partial charge is 0.261 e. The van der Waals surface area contributed by atoms with Crippen molar-refractivity contribution in [3.63, 3.8) is 0 Å². The lowest BCUT2D eigenvalue weighted by molar-refractivity contribution is -0.142. The Balaban J connectivity index is 2.16. The zero-order chi connectivity index (χ0) is 21.6. The van der Waals surface area contributed by atoms with Crippen molar-refractivity contribution < 1.29 is 14.3 Å². The number of hydrogen-bond donors (Lipinski definition) is 1. The molecule has 0 spiro atoms. The summed E-state index contributed by atoms with van der Waals surface area (Å²) >= 11 is 9.60. The SMILES string of the molecule is CCNC(=O)C(C)N(Cc1ccc(Br)cc1)C(=O)COc1cc(C)c(Cl)c(C)c1. The van der Waals surface area contributed by atoms with E-state index in [2.05, 4.69) is 21.2 Å². The molecule has 5 nitrogen and oxygen atoms in total. The Hall–Kier alpha value is -2.05. The average Bonchev–Trinajstić information content (AvgIpc) is 2.69. The fourth-order valence-electron chi connectivity index (χ4n) is 2.91. The van der Waals surface area contributed by atoms with E-state index in [9.17, 15) is 9.59 Å². The van der Waals surface area contributed by atoms with Crippen molar-refractivity contribution in [3.8, 4) is 5.75 Å². The standard InChI is InChI=1S/C22H26BrClN2O3/c1-5-25-22(28)16(4)26(12-17-6-8-18(23)9-7-17)20(27)13-29-19-10-14(2)21(24)15(3)11-19/h6-11,16H,5,12-13H2,1-4H3,(H,25,28). The number of amides is 2. The van der Waals surface area contributed by atoms with Crippen molar-refractivity contribution in [2.75, 3.05) is 13.2 Å². The summed E-state index contributed by atoms with van der Waals surface area (Å²) in [4.78, 5) is 26.9. The maximum atomic E-state index is 13.0. The zero-order valence-corrected chi connectivity index (χ0v) is 19.4. The number of nitrogens with one attached hydrogen (secondary N) is 1. The number of rotatable bonds is 8. The zero-order valence-electron chi connectivity index (χ0n) is 17.1. The lowest BCUT2D eigenvalue weighted by Gasteiger charge is -2.28. The minimum absolute atomic E-state index is 0.166. The van der Waals surface area contributed by atoms with E-state index in [-0.39, 0.29) is 18.4 Å². The van der Waals surface area contributed by atoms with Crippen LogP contribution in [0.25, 0.3) is 0 Å². The van der Waals surface area contributed by atoms with Gasteiger partial charge >= 0.3 is 0 Å². The van der Waals surface area contributed by atoms with Gasteiger partial charge in [-0.3, -0.25) is 9.59 Å². The number of hydrogen-bond acceptors (Lipinski definition) is 3. The Bertz CT molecular complexity index is 848. The molecule has 156 valence electrons. The fraction of sp³-hybridized carbons (Fsp3) is 0.364. The number of ether oxygens (including phenoxy) is 1. The topological polar surface area (TPSA) is 58.6 Å². The van der Waals surface area contributed by atoms with E-state index in [1.165, 1.54) is 4.90 Å². The molecule has 2 aromatic carbocycles. The van der Waals surface area contributed by atoms with Crippen LogP contribution in [-0.2, 0) is 16.1 Å². The van der Waals surface area contributed by atoms with Gasteiger partial charge in [0.2, 0.25) is 5.91 Å². The van der Waals surface area contributed by atoms with Crippen LogP contribution < -0.4 is 10.1 Å². The molecule has 1 atom stereocenters. The number of aryl methyl sites for hydroxylation is 2. The van der Waals surface area contributed by atoms with Crippen molar-refractivity contribution in [1.82, 2.24) is 10.2 Å². The van der Waals surface area contributed by atoms with Crippen molar-refractivity contribution in [1.29, 1.82) is 0 Å². The minimum Gasteiger partial charge on any atom is -0.484 e. The third-order valence-corrected chi connectivity index (χ3v) is 5.68. The van der Waals surface area contributed by atoms with E-state index < -0.39 is 6.04 Å². The van der Waals surface area contributed by atoms with Crippen LogP contribution in [0.1, 0.15) is 30.5 Å². The first-order chi connectivity index (χ1) is 13.7.